The summed E-state index contributed by atoms with van der Waals surface area (Å²) in [5, 5.41) is 11.6. The van der Waals surface area contributed by atoms with Gasteiger partial charge in [0.05, 0.1) is 5.75 Å². The average molecular weight is 430 g/mol. The van der Waals surface area contributed by atoms with Crippen LogP contribution in [-0.2, 0) is 4.79 Å². The molecule has 0 aliphatic carbocycles. The second kappa shape index (κ2) is 8.06. The first kappa shape index (κ1) is 19.2. The Bertz CT molecular complexity index is 1260. The highest BCUT2D eigenvalue weighted by Gasteiger charge is 2.13. The van der Waals surface area contributed by atoms with Gasteiger partial charge in [0.15, 0.2) is 5.16 Å². The Morgan fingerprint density at radius 2 is 1.93 bits per heavy atom. The number of halogens is 2. The van der Waals surface area contributed by atoms with E-state index in [0.29, 0.717) is 21.6 Å². The summed E-state index contributed by atoms with van der Waals surface area (Å²) in [5.74, 6) is -0.553. The number of hydrogen-bond acceptors (Lipinski definition) is 5. The van der Waals surface area contributed by atoms with Gasteiger partial charge in [-0.1, -0.05) is 29.4 Å². The zero-order valence-corrected chi connectivity index (χ0v) is 16.3. The molecule has 10 heteroatoms. The molecule has 29 heavy (non-hydrogen) atoms. The molecule has 0 aliphatic rings. The van der Waals surface area contributed by atoms with E-state index in [1.165, 1.54) is 33.2 Å². The number of fused-ring (bicyclic) bond motifs is 1. The summed E-state index contributed by atoms with van der Waals surface area (Å²) in [6.07, 6.45) is 3.17. The fourth-order valence-corrected chi connectivity index (χ4v) is 3.57. The van der Waals surface area contributed by atoms with Gasteiger partial charge in [-0.3, -0.25) is 18.6 Å². The van der Waals surface area contributed by atoms with Crippen molar-refractivity contribution in [1.29, 1.82) is 0 Å². The van der Waals surface area contributed by atoms with Crippen molar-refractivity contribution >= 4 is 40.6 Å². The average Bonchev–Trinajstić information content (AvgIpc) is 3.12. The number of nitrogens with one attached hydrogen (secondary N) is 1. The quantitative estimate of drug-likeness (QED) is 0.492. The van der Waals surface area contributed by atoms with Crippen molar-refractivity contribution in [2.45, 2.75) is 5.16 Å². The van der Waals surface area contributed by atoms with Crippen LogP contribution in [0.25, 0.3) is 11.3 Å². The van der Waals surface area contributed by atoms with Gasteiger partial charge in [-0.05, 0) is 42.5 Å². The van der Waals surface area contributed by atoms with Gasteiger partial charge in [0.25, 0.3) is 0 Å². The summed E-state index contributed by atoms with van der Waals surface area (Å²) in [6.45, 7) is 0. The van der Waals surface area contributed by atoms with Crippen molar-refractivity contribution in [1.82, 2.24) is 19.2 Å². The van der Waals surface area contributed by atoms with Crippen molar-refractivity contribution in [3.05, 3.63) is 82.1 Å². The molecule has 0 spiro atoms. The summed E-state index contributed by atoms with van der Waals surface area (Å²) in [5.41, 5.74) is 0.810. The molecular weight excluding hydrogens is 417 g/mol. The fraction of sp³-hybridized carbons (Fsp3) is 0.0526. The number of amides is 1. The van der Waals surface area contributed by atoms with Crippen molar-refractivity contribution in [3.8, 4) is 5.69 Å². The molecule has 2 heterocycles. The molecule has 0 atom stereocenters. The highest BCUT2D eigenvalue weighted by atomic mass is 35.5. The lowest BCUT2D eigenvalue weighted by Crippen LogP contribution is -2.20. The number of carbonyl (C=O) groups is 1. The first-order valence-electron chi connectivity index (χ1n) is 8.42. The summed E-state index contributed by atoms with van der Waals surface area (Å²) >= 11 is 7.05. The third-order valence-electron chi connectivity index (χ3n) is 3.98. The summed E-state index contributed by atoms with van der Waals surface area (Å²) in [6, 6.07) is 12.4. The normalized spacial score (nSPS) is 11.0. The first-order chi connectivity index (χ1) is 14.0. The van der Waals surface area contributed by atoms with E-state index in [4.69, 9.17) is 11.6 Å². The van der Waals surface area contributed by atoms with Crippen LogP contribution in [0.1, 0.15) is 0 Å². The second-order valence-electron chi connectivity index (χ2n) is 5.97. The van der Waals surface area contributed by atoms with Crippen molar-refractivity contribution in [3.63, 3.8) is 0 Å². The molecule has 146 valence electrons. The number of rotatable bonds is 5. The Kier molecular flexibility index (Phi) is 5.32. The Labute approximate surface area is 173 Å². The van der Waals surface area contributed by atoms with Crippen LogP contribution in [0, 0.1) is 5.82 Å². The minimum absolute atomic E-state index is 0.0777. The van der Waals surface area contributed by atoms with Crippen molar-refractivity contribution in [2.75, 3.05) is 11.1 Å². The highest BCUT2D eigenvalue weighted by Crippen LogP contribution is 2.18. The zero-order chi connectivity index (χ0) is 20.4. The molecule has 0 aliphatic heterocycles. The Balaban J connectivity index is 1.52. The maximum Gasteiger partial charge on any atom is 0.300 e. The number of benzene rings is 2. The number of aromatic nitrogens is 4. The maximum absolute atomic E-state index is 13.1. The topological polar surface area (TPSA) is 81.3 Å². The first-order valence-corrected chi connectivity index (χ1v) is 9.78. The van der Waals surface area contributed by atoms with Gasteiger partial charge in [0.1, 0.15) is 5.82 Å². The lowest BCUT2D eigenvalue weighted by atomic mass is 10.3. The van der Waals surface area contributed by atoms with E-state index in [1.807, 2.05) is 0 Å². The molecule has 0 saturated heterocycles. The lowest BCUT2D eigenvalue weighted by molar-refractivity contribution is -0.113. The molecule has 1 amide bonds. The SMILES string of the molecule is O=C(CSc1nnc2c(=O)n(-c3ccc(F)cc3)ccn12)Nc1cccc(Cl)c1. The molecule has 7 nitrogen and oxygen atoms in total. The molecular formula is C19H13ClFN5O2S. The predicted molar refractivity (Wildman–Crippen MR) is 109 cm³/mol. The van der Waals surface area contributed by atoms with Crippen molar-refractivity contribution < 1.29 is 9.18 Å². The van der Waals surface area contributed by atoms with E-state index in [0.717, 1.165) is 11.8 Å². The van der Waals surface area contributed by atoms with E-state index in [2.05, 4.69) is 15.5 Å². The maximum atomic E-state index is 13.1. The van der Waals surface area contributed by atoms with E-state index < -0.39 is 5.56 Å². The van der Waals surface area contributed by atoms with Crippen LogP contribution in [0.5, 0.6) is 0 Å². The van der Waals surface area contributed by atoms with E-state index >= 15 is 0 Å². The monoisotopic (exact) mass is 429 g/mol. The van der Waals surface area contributed by atoms with Gasteiger partial charge >= 0.3 is 5.56 Å². The second-order valence-corrected chi connectivity index (χ2v) is 7.35. The third kappa shape index (κ3) is 4.15. The molecule has 2 aromatic carbocycles. The van der Waals surface area contributed by atoms with E-state index in [9.17, 15) is 14.0 Å². The van der Waals surface area contributed by atoms with Crippen LogP contribution in [0.15, 0.2) is 70.9 Å². The third-order valence-corrected chi connectivity index (χ3v) is 5.16. The van der Waals surface area contributed by atoms with Gasteiger partial charge in [-0.2, -0.15) is 0 Å². The number of nitrogens with zero attached hydrogens (tertiary/aromatic N) is 4. The Morgan fingerprint density at radius 3 is 2.69 bits per heavy atom. The Hall–Kier alpha value is -3.17. The molecule has 0 unspecified atom stereocenters. The van der Waals surface area contributed by atoms with Crippen LogP contribution in [0.3, 0.4) is 0 Å². The van der Waals surface area contributed by atoms with Gasteiger partial charge in [-0.15, -0.1) is 10.2 Å². The van der Waals surface area contributed by atoms with Gasteiger partial charge in [0.2, 0.25) is 11.6 Å². The van der Waals surface area contributed by atoms with Crippen LogP contribution >= 0.6 is 23.4 Å². The van der Waals surface area contributed by atoms with Gasteiger partial charge < -0.3 is 5.32 Å². The lowest BCUT2D eigenvalue weighted by Gasteiger charge is -2.07. The van der Waals surface area contributed by atoms with Gasteiger partial charge in [-0.25, -0.2) is 4.39 Å². The molecule has 0 saturated carbocycles. The molecule has 0 radical (unpaired) electrons. The van der Waals surface area contributed by atoms with Crippen LogP contribution in [-0.4, -0.2) is 30.8 Å². The molecule has 0 fully saturated rings. The minimum atomic E-state index is -0.401. The van der Waals surface area contributed by atoms with Gasteiger partial charge in [0, 0.05) is 28.8 Å². The number of carbonyl (C=O) groups excluding carboxylic acids is 1. The molecule has 0 bridgehead atoms. The van der Waals surface area contributed by atoms with Crippen molar-refractivity contribution in [2.24, 2.45) is 0 Å². The molecule has 1 N–H and O–H groups in total. The molecule has 2 aromatic heterocycles. The molecule has 4 rings (SSSR count). The van der Waals surface area contributed by atoms with E-state index in [-0.39, 0.29) is 23.1 Å². The van der Waals surface area contributed by atoms with E-state index in [1.54, 1.807) is 36.7 Å². The summed E-state index contributed by atoms with van der Waals surface area (Å²) in [4.78, 5) is 24.8. The summed E-state index contributed by atoms with van der Waals surface area (Å²) < 4.78 is 16.0. The largest absolute Gasteiger partial charge is 0.325 e. The predicted octanol–water partition coefficient (Wildman–Crippen LogP) is 3.40. The Morgan fingerprint density at radius 1 is 1.14 bits per heavy atom. The summed E-state index contributed by atoms with van der Waals surface area (Å²) in [7, 11) is 0. The standard InChI is InChI=1S/C19H13ClFN5O2S/c20-12-2-1-3-14(10-12)22-16(27)11-29-19-24-23-17-18(28)25(8-9-26(17)19)15-6-4-13(21)5-7-15/h1-10H,11H2,(H,22,27). The number of hydrogen-bond donors (Lipinski definition) is 1. The number of thioether (sulfide) groups is 1. The fourth-order valence-electron chi connectivity index (χ4n) is 2.66. The molecule has 4 aromatic rings. The minimum Gasteiger partial charge on any atom is -0.325 e. The zero-order valence-electron chi connectivity index (χ0n) is 14.8. The number of anilines is 1. The smallest absolute Gasteiger partial charge is 0.300 e. The van der Waals surface area contributed by atoms with Crippen LogP contribution in [0.4, 0.5) is 10.1 Å². The highest BCUT2D eigenvalue weighted by molar-refractivity contribution is 7.99. The van der Waals surface area contributed by atoms with Crippen LogP contribution in [0.2, 0.25) is 5.02 Å². The van der Waals surface area contributed by atoms with Crippen LogP contribution < -0.4 is 10.9 Å².